The predicted octanol–water partition coefficient (Wildman–Crippen LogP) is 3.64. The fourth-order valence-electron chi connectivity index (χ4n) is 3.02. The van der Waals surface area contributed by atoms with E-state index in [2.05, 4.69) is 4.98 Å². The fraction of sp³-hybridized carbons (Fsp3) is 0.471. The molecule has 5 nitrogen and oxygen atoms in total. The Morgan fingerprint density at radius 2 is 1.95 bits per heavy atom. The number of benzene rings is 1. The SMILES string of the molecule is CN(C)c1cc(OC2CCCCC2)c2cc(C(=O)O)[nH]c2c1. The van der Waals surface area contributed by atoms with E-state index < -0.39 is 5.97 Å². The molecule has 1 saturated carbocycles. The number of H-pyrrole nitrogens is 1. The molecule has 0 radical (unpaired) electrons. The summed E-state index contributed by atoms with van der Waals surface area (Å²) in [6.07, 6.45) is 6.06. The van der Waals surface area contributed by atoms with E-state index in [1.54, 1.807) is 6.07 Å². The lowest BCUT2D eigenvalue weighted by molar-refractivity contribution is 0.0691. The van der Waals surface area contributed by atoms with Gasteiger partial charge >= 0.3 is 5.97 Å². The van der Waals surface area contributed by atoms with Gasteiger partial charge in [-0.3, -0.25) is 0 Å². The molecule has 1 heterocycles. The fourth-order valence-corrected chi connectivity index (χ4v) is 3.02. The molecular weight excluding hydrogens is 280 g/mol. The molecule has 1 aliphatic rings. The van der Waals surface area contributed by atoms with Gasteiger partial charge in [0.2, 0.25) is 0 Å². The van der Waals surface area contributed by atoms with Crippen molar-refractivity contribution in [3.8, 4) is 5.75 Å². The number of anilines is 1. The number of rotatable bonds is 4. The van der Waals surface area contributed by atoms with E-state index in [-0.39, 0.29) is 11.8 Å². The molecule has 1 aromatic carbocycles. The van der Waals surface area contributed by atoms with Crippen LogP contribution in [0, 0.1) is 0 Å². The zero-order chi connectivity index (χ0) is 15.7. The Bertz CT molecular complexity index is 685. The molecule has 1 fully saturated rings. The quantitative estimate of drug-likeness (QED) is 0.905. The summed E-state index contributed by atoms with van der Waals surface area (Å²) < 4.78 is 6.21. The highest BCUT2D eigenvalue weighted by Crippen LogP contribution is 2.34. The van der Waals surface area contributed by atoms with Crippen LogP contribution >= 0.6 is 0 Å². The van der Waals surface area contributed by atoms with Crippen LogP contribution in [0.5, 0.6) is 5.75 Å². The van der Waals surface area contributed by atoms with Crippen LogP contribution in [0.1, 0.15) is 42.6 Å². The molecule has 22 heavy (non-hydrogen) atoms. The maximum absolute atomic E-state index is 11.2. The number of carbonyl (C=O) groups is 1. The smallest absolute Gasteiger partial charge is 0.352 e. The summed E-state index contributed by atoms with van der Waals surface area (Å²) in [6.45, 7) is 0. The second-order valence-corrected chi connectivity index (χ2v) is 6.17. The molecule has 0 amide bonds. The van der Waals surface area contributed by atoms with Gasteiger partial charge in [0.1, 0.15) is 11.4 Å². The Morgan fingerprint density at radius 1 is 1.23 bits per heavy atom. The first-order valence-corrected chi connectivity index (χ1v) is 7.78. The van der Waals surface area contributed by atoms with Crippen molar-refractivity contribution >= 4 is 22.6 Å². The van der Waals surface area contributed by atoms with Crippen LogP contribution < -0.4 is 9.64 Å². The Hall–Kier alpha value is -2.17. The van der Waals surface area contributed by atoms with Crippen molar-refractivity contribution in [1.29, 1.82) is 0 Å². The van der Waals surface area contributed by atoms with Gasteiger partial charge in [-0.1, -0.05) is 6.42 Å². The van der Waals surface area contributed by atoms with Crippen molar-refractivity contribution in [2.24, 2.45) is 0 Å². The van der Waals surface area contributed by atoms with E-state index in [1.807, 2.05) is 31.1 Å². The number of aromatic amines is 1. The highest BCUT2D eigenvalue weighted by Gasteiger charge is 2.19. The van der Waals surface area contributed by atoms with Gasteiger partial charge in [-0.05, 0) is 37.8 Å². The summed E-state index contributed by atoms with van der Waals surface area (Å²) >= 11 is 0. The molecule has 2 N–H and O–H groups in total. The van der Waals surface area contributed by atoms with Gasteiger partial charge in [0, 0.05) is 31.2 Å². The maximum atomic E-state index is 11.2. The van der Waals surface area contributed by atoms with Gasteiger partial charge in [-0.25, -0.2) is 4.79 Å². The summed E-state index contributed by atoms with van der Waals surface area (Å²) in [5.74, 6) is -0.178. The highest BCUT2D eigenvalue weighted by atomic mass is 16.5. The summed E-state index contributed by atoms with van der Waals surface area (Å²) in [5.41, 5.74) is 1.99. The van der Waals surface area contributed by atoms with E-state index in [1.165, 1.54) is 19.3 Å². The lowest BCUT2D eigenvalue weighted by Crippen LogP contribution is -2.20. The molecule has 0 saturated heterocycles. The number of fused-ring (bicyclic) bond motifs is 1. The third-order valence-electron chi connectivity index (χ3n) is 4.28. The second kappa shape index (κ2) is 5.91. The van der Waals surface area contributed by atoms with E-state index in [0.29, 0.717) is 0 Å². The van der Waals surface area contributed by atoms with E-state index in [0.717, 1.165) is 35.2 Å². The molecule has 118 valence electrons. The Morgan fingerprint density at radius 3 is 2.59 bits per heavy atom. The predicted molar refractivity (Wildman–Crippen MR) is 87.1 cm³/mol. The molecule has 2 aromatic rings. The standard InChI is InChI=1S/C17H22N2O3/c1-19(2)11-8-14-13(10-15(18-14)17(20)21)16(9-11)22-12-6-4-3-5-7-12/h8-10,12,18H,3-7H2,1-2H3,(H,20,21). The van der Waals surface area contributed by atoms with Crippen molar-refractivity contribution in [1.82, 2.24) is 4.98 Å². The molecule has 0 bridgehead atoms. The molecule has 1 aromatic heterocycles. The maximum Gasteiger partial charge on any atom is 0.352 e. The van der Waals surface area contributed by atoms with Crippen LogP contribution in [0.4, 0.5) is 5.69 Å². The molecule has 0 atom stereocenters. The van der Waals surface area contributed by atoms with Gasteiger partial charge in [0.25, 0.3) is 0 Å². The van der Waals surface area contributed by atoms with Gasteiger partial charge < -0.3 is 19.7 Å². The van der Waals surface area contributed by atoms with Gasteiger partial charge in [-0.2, -0.15) is 0 Å². The number of carboxylic acids is 1. The van der Waals surface area contributed by atoms with Crippen molar-refractivity contribution < 1.29 is 14.6 Å². The number of nitrogens with zero attached hydrogens (tertiary/aromatic N) is 1. The molecular formula is C17H22N2O3. The van der Waals surface area contributed by atoms with Crippen LogP contribution in [0.2, 0.25) is 0 Å². The summed E-state index contributed by atoms with van der Waals surface area (Å²) in [7, 11) is 3.93. The summed E-state index contributed by atoms with van der Waals surface area (Å²) in [4.78, 5) is 16.2. The number of hydrogen-bond donors (Lipinski definition) is 2. The number of ether oxygens (including phenoxy) is 1. The number of aromatic carboxylic acids is 1. The first-order chi connectivity index (χ1) is 10.5. The van der Waals surface area contributed by atoms with E-state index in [4.69, 9.17) is 4.74 Å². The number of nitrogens with one attached hydrogen (secondary N) is 1. The van der Waals surface area contributed by atoms with Crippen molar-refractivity contribution in [2.75, 3.05) is 19.0 Å². The minimum atomic E-state index is -0.953. The number of carboxylic acid groups (broad SMARTS) is 1. The average Bonchev–Trinajstić information content (AvgIpc) is 2.93. The number of aromatic nitrogens is 1. The lowest BCUT2D eigenvalue weighted by atomic mass is 9.98. The molecule has 3 rings (SSSR count). The zero-order valence-corrected chi connectivity index (χ0v) is 13.1. The minimum absolute atomic E-state index is 0.194. The number of hydrogen-bond acceptors (Lipinski definition) is 3. The van der Waals surface area contributed by atoms with Crippen LogP contribution in [0.25, 0.3) is 10.9 Å². The third-order valence-corrected chi connectivity index (χ3v) is 4.28. The Kier molecular flexibility index (Phi) is 3.96. The van der Waals surface area contributed by atoms with Gasteiger partial charge in [-0.15, -0.1) is 0 Å². The highest BCUT2D eigenvalue weighted by molar-refractivity contribution is 5.97. The topological polar surface area (TPSA) is 65.6 Å². The van der Waals surface area contributed by atoms with Crippen LogP contribution in [-0.2, 0) is 0 Å². The Labute approximate surface area is 129 Å². The van der Waals surface area contributed by atoms with E-state index in [9.17, 15) is 9.90 Å². The van der Waals surface area contributed by atoms with Gasteiger partial charge in [0.15, 0.2) is 0 Å². The largest absolute Gasteiger partial charge is 0.490 e. The molecule has 0 unspecified atom stereocenters. The Balaban J connectivity index is 2.02. The average molecular weight is 302 g/mol. The molecule has 5 heteroatoms. The van der Waals surface area contributed by atoms with Crippen molar-refractivity contribution in [3.63, 3.8) is 0 Å². The van der Waals surface area contributed by atoms with Crippen LogP contribution in [-0.4, -0.2) is 36.3 Å². The normalized spacial score (nSPS) is 15.9. The monoisotopic (exact) mass is 302 g/mol. The van der Waals surface area contributed by atoms with Gasteiger partial charge in [0.05, 0.1) is 11.6 Å². The first kappa shape index (κ1) is 14.8. The summed E-state index contributed by atoms with van der Waals surface area (Å²) in [5, 5.41) is 10.0. The minimum Gasteiger partial charge on any atom is -0.490 e. The van der Waals surface area contributed by atoms with E-state index >= 15 is 0 Å². The molecule has 0 aliphatic heterocycles. The van der Waals surface area contributed by atoms with Crippen molar-refractivity contribution in [2.45, 2.75) is 38.2 Å². The second-order valence-electron chi connectivity index (χ2n) is 6.17. The zero-order valence-electron chi connectivity index (χ0n) is 13.1. The van der Waals surface area contributed by atoms with Crippen molar-refractivity contribution in [3.05, 3.63) is 23.9 Å². The third kappa shape index (κ3) is 2.89. The van der Waals surface area contributed by atoms with Crippen LogP contribution in [0.3, 0.4) is 0 Å². The molecule has 0 spiro atoms. The lowest BCUT2D eigenvalue weighted by Gasteiger charge is -2.24. The van der Waals surface area contributed by atoms with Crippen LogP contribution in [0.15, 0.2) is 18.2 Å². The first-order valence-electron chi connectivity index (χ1n) is 7.78. The molecule has 1 aliphatic carbocycles. The summed E-state index contributed by atoms with van der Waals surface area (Å²) in [6, 6.07) is 5.61.